The van der Waals surface area contributed by atoms with Crippen molar-refractivity contribution in [1.82, 2.24) is 29.4 Å². The van der Waals surface area contributed by atoms with Crippen LogP contribution in [0.1, 0.15) is 23.7 Å². The molecule has 10 heteroatoms. The number of nitriles is 1. The molecule has 140 valence electrons. The van der Waals surface area contributed by atoms with Gasteiger partial charge < -0.3 is 0 Å². The summed E-state index contributed by atoms with van der Waals surface area (Å²) in [5.41, 5.74) is 4.06. The molecule has 1 aliphatic heterocycles. The first-order valence-electron chi connectivity index (χ1n) is 8.74. The molecule has 0 amide bonds. The lowest BCUT2D eigenvalue weighted by molar-refractivity contribution is 0.509. The van der Waals surface area contributed by atoms with Gasteiger partial charge in [-0.3, -0.25) is 0 Å². The minimum Gasteiger partial charge on any atom is -0.243 e. The fourth-order valence-electron chi connectivity index (χ4n) is 3.65. The van der Waals surface area contributed by atoms with E-state index in [1.807, 2.05) is 13.0 Å². The molecule has 1 atom stereocenters. The van der Waals surface area contributed by atoms with Crippen LogP contribution in [0.2, 0.25) is 0 Å². The number of nitrogens with zero attached hydrogens (tertiary/aromatic N) is 7. The Morgan fingerprint density at radius 3 is 2.71 bits per heavy atom. The summed E-state index contributed by atoms with van der Waals surface area (Å²) in [7, 11) is -3.00. The van der Waals surface area contributed by atoms with Crippen molar-refractivity contribution in [2.24, 2.45) is 0 Å². The normalized spacial score (nSPS) is 18.6. The average Bonchev–Trinajstić information content (AvgIpc) is 3.36. The van der Waals surface area contributed by atoms with Crippen molar-refractivity contribution in [2.45, 2.75) is 19.4 Å². The van der Waals surface area contributed by atoms with Crippen LogP contribution in [-0.4, -0.2) is 49.3 Å². The molecule has 9 nitrogen and oxygen atoms in total. The molecule has 4 aromatic rings. The number of aryl methyl sites for hydroxylation is 1. The molecule has 1 saturated heterocycles. The van der Waals surface area contributed by atoms with E-state index in [-0.39, 0.29) is 17.5 Å². The lowest BCUT2D eigenvalue weighted by atomic mass is 10.1. The van der Waals surface area contributed by atoms with Crippen LogP contribution in [0.25, 0.3) is 27.8 Å². The van der Waals surface area contributed by atoms with Crippen molar-refractivity contribution in [1.29, 1.82) is 5.26 Å². The first kappa shape index (κ1) is 16.8. The maximum absolute atomic E-state index is 11.8. The van der Waals surface area contributed by atoms with E-state index in [0.717, 1.165) is 22.2 Å². The van der Waals surface area contributed by atoms with Crippen molar-refractivity contribution in [3.63, 3.8) is 0 Å². The highest BCUT2D eigenvalue weighted by Gasteiger charge is 2.31. The molecule has 5 rings (SSSR count). The zero-order valence-electron chi connectivity index (χ0n) is 14.9. The molecule has 0 N–H and O–H groups in total. The lowest BCUT2D eigenvalue weighted by Gasteiger charge is -2.09. The summed E-state index contributed by atoms with van der Waals surface area (Å²) in [5, 5.41) is 18.7. The van der Waals surface area contributed by atoms with Gasteiger partial charge in [-0.2, -0.15) is 15.5 Å². The van der Waals surface area contributed by atoms with Crippen LogP contribution in [0.3, 0.4) is 0 Å². The molecule has 4 aromatic heterocycles. The molecule has 0 aromatic carbocycles. The van der Waals surface area contributed by atoms with Crippen molar-refractivity contribution < 1.29 is 8.42 Å². The first-order valence-corrected chi connectivity index (χ1v) is 10.6. The zero-order chi connectivity index (χ0) is 19.5. The minimum absolute atomic E-state index is 0.105. The Morgan fingerprint density at radius 2 is 1.96 bits per heavy atom. The summed E-state index contributed by atoms with van der Waals surface area (Å²) in [5.74, 6) is 0.296. The van der Waals surface area contributed by atoms with Gasteiger partial charge in [0.15, 0.2) is 21.1 Å². The minimum atomic E-state index is -3.00. The molecule has 0 aliphatic carbocycles. The standard InChI is InChI=1S/C18H15N7O2S/c1-11-16-4-12(14-7-20-17-13(5-19)8-22-24(17)9-14)6-21-18(16)25(23-11)15-2-3-28(26,27)10-15/h4,6-9,15H,2-3,10H2,1H3. The van der Waals surface area contributed by atoms with Crippen molar-refractivity contribution in [3.8, 4) is 17.2 Å². The quantitative estimate of drug-likeness (QED) is 0.508. The summed E-state index contributed by atoms with van der Waals surface area (Å²) >= 11 is 0. The average molecular weight is 393 g/mol. The Balaban J connectivity index is 1.59. The highest BCUT2D eigenvalue weighted by atomic mass is 32.2. The number of hydrogen-bond donors (Lipinski definition) is 0. The maximum atomic E-state index is 11.8. The van der Waals surface area contributed by atoms with Gasteiger partial charge >= 0.3 is 0 Å². The molecular weight excluding hydrogens is 378 g/mol. The number of aromatic nitrogens is 6. The van der Waals surface area contributed by atoms with Crippen molar-refractivity contribution in [3.05, 3.63) is 42.1 Å². The van der Waals surface area contributed by atoms with Gasteiger partial charge in [0.1, 0.15) is 11.6 Å². The molecule has 1 fully saturated rings. The van der Waals surface area contributed by atoms with E-state index in [1.54, 1.807) is 27.8 Å². The molecule has 5 heterocycles. The molecule has 28 heavy (non-hydrogen) atoms. The van der Waals surface area contributed by atoms with Gasteiger partial charge in [-0.25, -0.2) is 27.6 Å². The van der Waals surface area contributed by atoms with Gasteiger partial charge in [0.05, 0.1) is 29.4 Å². The second-order valence-electron chi connectivity index (χ2n) is 6.96. The number of pyridine rings is 1. The summed E-state index contributed by atoms with van der Waals surface area (Å²) in [6.07, 6.45) is 7.25. The number of sulfone groups is 1. The second-order valence-corrected chi connectivity index (χ2v) is 9.19. The van der Waals surface area contributed by atoms with Gasteiger partial charge in [-0.05, 0) is 19.4 Å². The maximum Gasteiger partial charge on any atom is 0.172 e. The summed E-state index contributed by atoms with van der Waals surface area (Å²) in [6, 6.07) is 3.86. The van der Waals surface area contributed by atoms with Gasteiger partial charge in [0.25, 0.3) is 0 Å². The summed E-state index contributed by atoms with van der Waals surface area (Å²) < 4.78 is 27.0. The van der Waals surface area contributed by atoms with Crippen LogP contribution < -0.4 is 0 Å². The Morgan fingerprint density at radius 1 is 1.18 bits per heavy atom. The highest BCUT2D eigenvalue weighted by molar-refractivity contribution is 7.91. The Bertz CT molecular complexity index is 1390. The van der Waals surface area contributed by atoms with E-state index in [2.05, 4.69) is 26.2 Å². The Kier molecular flexibility index (Phi) is 3.51. The fraction of sp³-hybridized carbons (Fsp3) is 0.278. The Labute approximate surface area is 160 Å². The number of hydrogen-bond acceptors (Lipinski definition) is 7. The van der Waals surface area contributed by atoms with Gasteiger partial charge in [0.2, 0.25) is 0 Å². The molecule has 0 radical (unpaired) electrons. The molecular formula is C18H15N7O2S. The van der Waals surface area contributed by atoms with Crippen LogP contribution in [0, 0.1) is 18.3 Å². The topological polar surface area (TPSA) is 119 Å². The van der Waals surface area contributed by atoms with E-state index < -0.39 is 9.84 Å². The third-order valence-electron chi connectivity index (χ3n) is 5.10. The lowest BCUT2D eigenvalue weighted by Crippen LogP contribution is -2.13. The van der Waals surface area contributed by atoms with Crippen molar-refractivity contribution in [2.75, 3.05) is 11.5 Å². The number of fused-ring (bicyclic) bond motifs is 2. The molecule has 1 aliphatic rings. The predicted molar refractivity (Wildman–Crippen MR) is 101 cm³/mol. The van der Waals surface area contributed by atoms with Crippen LogP contribution in [0.5, 0.6) is 0 Å². The fourth-order valence-corrected chi connectivity index (χ4v) is 5.34. The highest BCUT2D eigenvalue weighted by Crippen LogP contribution is 2.30. The smallest absolute Gasteiger partial charge is 0.172 e. The van der Waals surface area contributed by atoms with Gasteiger partial charge in [-0.15, -0.1) is 0 Å². The van der Waals surface area contributed by atoms with Crippen LogP contribution >= 0.6 is 0 Å². The Hall–Kier alpha value is -3.32. The van der Waals surface area contributed by atoms with E-state index in [9.17, 15) is 8.42 Å². The predicted octanol–water partition coefficient (Wildman–Crippen LogP) is 1.68. The van der Waals surface area contributed by atoms with E-state index in [1.165, 1.54) is 6.20 Å². The summed E-state index contributed by atoms with van der Waals surface area (Å²) in [4.78, 5) is 8.91. The van der Waals surface area contributed by atoms with Gasteiger partial charge in [-0.1, -0.05) is 0 Å². The molecule has 0 bridgehead atoms. The van der Waals surface area contributed by atoms with E-state index in [4.69, 9.17) is 5.26 Å². The monoisotopic (exact) mass is 393 g/mol. The van der Waals surface area contributed by atoms with Crippen LogP contribution in [0.15, 0.2) is 30.9 Å². The summed E-state index contributed by atoms with van der Waals surface area (Å²) in [6.45, 7) is 1.89. The SMILES string of the molecule is Cc1nn(C2CCS(=O)(=O)C2)c2ncc(-c3cnc4c(C#N)cnn4c3)cc12. The third-order valence-corrected chi connectivity index (χ3v) is 6.85. The first-order chi connectivity index (χ1) is 13.4. The molecule has 0 spiro atoms. The third kappa shape index (κ3) is 2.55. The van der Waals surface area contributed by atoms with Crippen LogP contribution in [0.4, 0.5) is 0 Å². The van der Waals surface area contributed by atoms with Crippen LogP contribution in [-0.2, 0) is 9.84 Å². The second kappa shape index (κ2) is 5.84. The van der Waals surface area contributed by atoms with E-state index >= 15 is 0 Å². The zero-order valence-corrected chi connectivity index (χ0v) is 15.8. The largest absolute Gasteiger partial charge is 0.243 e. The van der Waals surface area contributed by atoms with Gasteiger partial charge in [0, 0.05) is 35.1 Å². The number of rotatable bonds is 2. The van der Waals surface area contributed by atoms with Crippen molar-refractivity contribution >= 4 is 26.5 Å². The van der Waals surface area contributed by atoms with E-state index in [0.29, 0.717) is 23.3 Å². The molecule has 1 unspecified atom stereocenters. The molecule has 0 saturated carbocycles.